The summed E-state index contributed by atoms with van der Waals surface area (Å²) in [6.07, 6.45) is -4.38. The van der Waals surface area contributed by atoms with Crippen LogP contribution in [0.2, 0.25) is 0 Å². The van der Waals surface area contributed by atoms with E-state index in [1.54, 1.807) is 25.1 Å². The van der Waals surface area contributed by atoms with Crippen LogP contribution in [0.3, 0.4) is 0 Å². The molecule has 1 rings (SSSR count). The fraction of sp³-hybridized carbons (Fsp3) is 0.533. The summed E-state index contributed by atoms with van der Waals surface area (Å²) in [5.41, 5.74) is 6.87. The Bertz CT molecular complexity index is 540. The highest BCUT2D eigenvalue weighted by Gasteiger charge is 2.28. The van der Waals surface area contributed by atoms with E-state index in [2.05, 4.69) is 10.3 Å². The first-order valence-corrected chi connectivity index (χ1v) is 6.83. The summed E-state index contributed by atoms with van der Waals surface area (Å²) in [4.78, 5) is 4.14. The van der Waals surface area contributed by atoms with Crippen LogP contribution in [0, 0.1) is 6.92 Å². The standard InChI is InChI=1S/C15H22F3N3O.HI/c1-10-5-6-11(8-20-13(19)21-14(2,3)4)12(7-10)22-9-15(16,17)18;/h5-7H,8-9H2,1-4H3,(H3,19,20,21);1H. The van der Waals surface area contributed by atoms with Crippen molar-refractivity contribution in [3.63, 3.8) is 0 Å². The second kappa shape index (κ2) is 8.60. The number of aryl methyl sites for hydroxylation is 1. The summed E-state index contributed by atoms with van der Waals surface area (Å²) >= 11 is 0. The van der Waals surface area contributed by atoms with Gasteiger partial charge in [0.05, 0.1) is 6.54 Å². The minimum atomic E-state index is -4.38. The third-order valence-electron chi connectivity index (χ3n) is 2.54. The summed E-state index contributed by atoms with van der Waals surface area (Å²) in [7, 11) is 0. The first-order valence-electron chi connectivity index (χ1n) is 6.83. The Morgan fingerprint density at radius 1 is 1.26 bits per heavy atom. The smallest absolute Gasteiger partial charge is 0.422 e. The van der Waals surface area contributed by atoms with Crippen LogP contribution < -0.4 is 15.8 Å². The van der Waals surface area contributed by atoms with E-state index in [1.165, 1.54) is 0 Å². The van der Waals surface area contributed by atoms with Crippen LogP contribution in [0.15, 0.2) is 23.2 Å². The molecule has 8 heteroatoms. The third kappa shape index (κ3) is 9.52. The lowest BCUT2D eigenvalue weighted by atomic mass is 10.1. The predicted molar refractivity (Wildman–Crippen MR) is 96.4 cm³/mol. The Morgan fingerprint density at radius 3 is 2.39 bits per heavy atom. The Hall–Kier alpha value is -1.19. The van der Waals surface area contributed by atoms with Crippen molar-refractivity contribution < 1.29 is 17.9 Å². The molecule has 0 bridgehead atoms. The molecule has 132 valence electrons. The average molecular weight is 445 g/mol. The van der Waals surface area contributed by atoms with Gasteiger partial charge in [0, 0.05) is 11.1 Å². The quantitative estimate of drug-likeness (QED) is 0.422. The molecule has 3 N–H and O–H groups in total. The van der Waals surface area contributed by atoms with Gasteiger partial charge >= 0.3 is 6.18 Å². The molecule has 0 radical (unpaired) electrons. The fourth-order valence-electron chi connectivity index (χ4n) is 1.68. The lowest BCUT2D eigenvalue weighted by Gasteiger charge is -2.21. The summed E-state index contributed by atoms with van der Waals surface area (Å²) < 4.78 is 41.7. The maximum atomic E-state index is 12.3. The van der Waals surface area contributed by atoms with Gasteiger partial charge in [-0.2, -0.15) is 13.2 Å². The van der Waals surface area contributed by atoms with Crippen LogP contribution in [0.5, 0.6) is 5.75 Å². The van der Waals surface area contributed by atoms with Gasteiger partial charge in [-0.15, -0.1) is 24.0 Å². The van der Waals surface area contributed by atoms with Crippen LogP contribution in [0.4, 0.5) is 13.2 Å². The van der Waals surface area contributed by atoms with Crippen molar-refractivity contribution in [2.75, 3.05) is 6.61 Å². The lowest BCUT2D eigenvalue weighted by molar-refractivity contribution is -0.153. The number of nitrogens with one attached hydrogen (secondary N) is 1. The Morgan fingerprint density at radius 2 is 1.87 bits per heavy atom. The Labute approximate surface area is 151 Å². The number of hydrogen-bond donors (Lipinski definition) is 2. The molecular formula is C15H23F3IN3O. The van der Waals surface area contributed by atoms with E-state index in [4.69, 9.17) is 10.5 Å². The monoisotopic (exact) mass is 445 g/mol. The number of nitrogens with two attached hydrogens (primary N) is 1. The number of hydrogen-bond acceptors (Lipinski definition) is 2. The highest BCUT2D eigenvalue weighted by Crippen LogP contribution is 2.24. The molecular weight excluding hydrogens is 422 g/mol. The molecule has 0 saturated heterocycles. The minimum Gasteiger partial charge on any atom is -0.484 e. The lowest BCUT2D eigenvalue weighted by Crippen LogP contribution is -2.44. The zero-order valence-corrected chi connectivity index (χ0v) is 16.0. The van der Waals surface area contributed by atoms with Crippen molar-refractivity contribution in [3.05, 3.63) is 29.3 Å². The van der Waals surface area contributed by atoms with Crippen molar-refractivity contribution >= 4 is 29.9 Å². The summed E-state index contributed by atoms with van der Waals surface area (Å²) in [6.45, 7) is 6.38. The highest BCUT2D eigenvalue weighted by atomic mass is 127. The van der Waals surface area contributed by atoms with Gasteiger partial charge in [-0.1, -0.05) is 12.1 Å². The number of halogens is 4. The SMILES string of the molecule is Cc1ccc(CN=C(N)NC(C)(C)C)c(OCC(F)(F)F)c1.I. The zero-order chi connectivity index (χ0) is 17.0. The van der Waals surface area contributed by atoms with E-state index in [0.29, 0.717) is 5.56 Å². The van der Waals surface area contributed by atoms with Crippen molar-refractivity contribution in [2.24, 2.45) is 10.7 Å². The van der Waals surface area contributed by atoms with Gasteiger partial charge in [-0.05, 0) is 39.3 Å². The maximum absolute atomic E-state index is 12.3. The van der Waals surface area contributed by atoms with Crippen LogP contribution in [-0.4, -0.2) is 24.3 Å². The van der Waals surface area contributed by atoms with Crippen molar-refractivity contribution in [1.29, 1.82) is 0 Å². The van der Waals surface area contributed by atoms with Gasteiger partial charge < -0.3 is 15.8 Å². The molecule has 0 aromatic heterocycles. The number of rotatable bonds is 4. The Balaban J connectivity index is 0.00000484. The summed E-state index contributed by atoms with van der Waals surface area (Å²) in [5.74, 6) is 0.402. The largest absolute Gasteiger partial charge is 0.484 e. The van der Waals surface area contributed by atoms with E-state index in [1.807, 2.05) is 20.8 Å². The highest BCUT2D eigenvalue weighted by molar-refractivity contribution is 14.0. The summed E-state index contributed by atoms with van der Waals surface area (Å²) in [6, 6.07) is 5.04. The van der Waals surface area contributed by atoms with Crippen LogP contribution in [0.1, 0.15) is 31.9 Å². The van der Waals surface area contributed by atoms with Gasteiger partial charge in [0.2, 0.25) is 0 Å². The summed E-state index contributed by atoms with van der Waals surface area (Å²) in [5, 5.41) is 2.98. The number of nitrogens with zero attached hydrogens (tertiary/aromatic N) is 1. The second-order valence-electron chi connectivity index (χ2n) is 6.09. The molecule has 23 heavy (non-hydrogen) atoms. The molecule has 0 amide bonds. The number of alkyl halides is 3. The number of guanidine groups is 1. The molecule has 0 saturated carbocycles. The molecule has 0 spiro atoms. The number of aliphatic imine (C=N–C) groups is 1. The van der Waals surface area contributed by atoms with Crippen LogP contribution in [0.25, 0.3) is 0 Å². The molecule has 1 aromatic rings. The first kappa shape index (κ1) is 21.8. The molecule has 1 aromatic carbocycles. The van der Waals surface area contributed by atoms with Crippen molar-refractivity contribution in [1.82, 2.24) is 5.32 Å². The van der Waals surface area contributed by atoms with E-state index >= 15 is 0 Å². The van der Waals surface area contributed by atoms with Gasteiger partial charge in [0.15, 0.2) is 12.6 Å². The van der Waals surface area contributed by atoms with Crippen molar-refractivity contribution in [3.8, 4) is 5.75 Å². The average Bonchev–Trinajstić information content (AvgIpc) is 2.32. The fourth-order valence-corrected chi connectivity index (χ4v) is 1.68. The molecule has 4 nitrogen and oxygen atoms in total. The molecule has 0 aliphatic rings. The van der Waals surface area contributed by atoms with Crippen LogP contribution in [-0.2, 0) is 6.54 Å². The predicted octanol–water partition coefficient (Wildman–Crippen LogP) is 3.76. The molecule has 0 unspecified atom stereocenters. The topological polar surface area (TPSA) is 59.6 Å². The first-order chi connectivity index (χ1) is 9.96. The molecule has 0 aliphatic carbocycles. The van der Waals surface area contributed by atoms with E-state index in [-0.39, 0.29) is 47.8 Å². The minimum absolute atomic E-state index is 0. The molecule has 0 atom stereocenters. The molecule has 0 fully saturated rings. The van der Waals surface area contributed by atoms with Crippen LogP contribution >= 0.6 is 24.0 Å². The molecule has 0 aliphatic heterocycles. The van der Waals surface area contributed by atoms with Crippen molar-refractivity contribution in [2.45, 2.75) is 46.0 Å². The molecule has 0 heterocycles. The van der Waals surface area contributed by atoms with E-state index in [9.17, 15) is 13.2 Å². The van der Waals surface area contributed by atoms with E-state index < -0.39 is 12.8 Å². The third-order valence-corrected chi connectivity index (χ3v) is 2.54. The van der Waals surface area contributed by atoms with Gasteiger partial charge in [0.25, 0.3) is 0 Å². The number of benzene rings is 1. The van der Waals surface area contributed by atoms with Gasteiger partial charge in [-0.25, -0.2) is 4.99 Å². The zero-order valence-electron chi connectivity index (χ0n) is 13.6. The normalized spacial score (nSPS) is 12.6. The van der Waals surface area contributed by atoms with E-state index in [0.717, 1.165) is 5.56 Å². The van der Waals surface area contributed by atoms with Gasteiger partial charge in [0.1, 0.15) is 5.75 Å². The van der Waals surface area contributed by atoms with Gasteiger partial charge in [-0.3, -0.25) is 0 Å². The number of ether oxygens (including phenoxy) is 1. The second-order valence-corrected chi connectivity index (χ2v) is 6.09. The Kier molecular flexibility index (Phi) is 8.16. The maximum Gasteiger partial charge on any atom is 0.422 e.